The first-order valence-corrected chi connectivity index (χ1v) is 13.3. The van der Waals surface area contributed by atoms with Crippen molar-refractivity contribution in [1.29, 1.82) is 0 Å². The Balaban J connectivity index is 1.24. The highest BCUT2D eigenvalue weighted by atomic mass is 16.5. The summed E-state index contributed by atoms with van der Waals surface area (Å²) in [4.78, 5) is 12.8. The molecule has 0 saturated heterocycles. The summed E-state index contributed by atoms with van der Waals surface area (Å²) in [5.74, 6) is 7.01. The highest BCUT2D eigenvalue weighted by molar-refractivity contribution is 5.97. The number of hydrogen-bond acceptors (Lipinski definition) is 4. The van der Waals surface area contributed by atoms with Gasteiger partial charge in [-0.05, 0) is 105 Å². The van der Waals surface area contributed by atoms with Gasteiger partial charge in [0.05, 0.1) is 12.2 Å². The van der Waals surface area contributed by atoms with Gasteiger partial charge in [-0.2, -0.15) is 0 Å². The van der Waals surface area contributed by atoms with E-state index in [2.05, 4.69) is 30.4 Å². The topological polar surface area (TPSA) is 59.6 Å². The van der Waals surface area contributed by atoms with Gasteiger partial charge < -0.3 is 20.1 Å². The third kappa shape index (κ3) is 6.48. The summed E-state index contributed by atoms with van der Waals surface area (Å²) >= 11 is 0. The summed E-state index contributed by atoms with van der Waals surface area (Å²) in [5.41, 5.74) is 1.06. The zero-order valence-corrected chi connectivity index (χ0v) is 21.0. The average Bonchev–Trinajstić information content (AvgIpc) is 2.79. The molecule has 4 bridgehead atoms. The molecular weight excluding hydrogens is 424 g/mol. The van der Waals surface area contributed by atoms with E-state index in [9.17, 15) is 4.79 Å². The SMILES string of the molecule is C#CCOc1ccc(OCCCNCC23CC4CC(CC(C4)C2)C3)c(C(=O)NCCC(C)C)c1. The van der Waals surface area contributed by atoms with Crippen molar-refractivity contribution in [2.75, 3.05) is 32.8 Å². The van der Waals surface area contributed by atoms with Gasteiger partial charge in [-0.1, -0.05) is 19.8 Å². The zero-order valence-electron chi connectivity index (χ0n) is 21.0. The summed E-state index contributed by atoms with van der Waals surface area (Å²) in [6.45, 7) is 7.77. The van der Waals surface area contributed by atoms with Crippen molar-refractivity contribution in [3.63, 3.8) is 0 Å². The van der Waals surface area contributed by atoms with Crippen molar-refractivity contribution in [3.05, 3.63) is 23.8 Å². The molecule has 0 radical (unpaired) electrons. The van der Waals surface area contributed by atoms with Gasteiger partial charge in [0.2, 0.25) is 0 Å². The van der Waals surface area contributed by atoms with E-state index in [1.165, 1.54) is 38.5 Å². The number of ether oxygens (including phenoxy) is 2. The van der Waals surface area contributed by atoms with Gasteiger partial charge in [0.25, 0.3) is 5.91 Å². The van der Waals surface area contributed by atoms with Crippen LogP contribution in [0, 0.1) is 41.4 Å². The van der Waals surface area contributed by atoms with Crippen LogP contribution in [0.25, 0.3) is 0 Å². The van der Waals surface area contributed by atoms with E-state index >= 15 is 0 Å². The summed E-state index contributed by atoms with van der Waals surface area (Å²) in [7, 11) is 0. The van der Waals surface area contributed by atoms with Crippen LogP contribution in [-0.2, 0) is 0 Å². The number of terminal acetylenes is 1. The number of amides is 1. The minimum atomic E-state index is -0.137. The largest absolute Gasteiger partial charge is 0.493 e. The van der Waals surface area contributed by atoms with E-state index < -0.39 is 0 Å². The molecule has 4 fully saturated rings. The molecule has 4 aliphatic rings. The predicted molar refractivity (Wildman–Crippen MR) is 136 cm³/mol. The van der Waals surface area contributed by atoms with Gasteiger partial charge in [-0.3, -0.25) is 4.79 Å². The van der Waals surface area contributed by atoms with Crippen molar-refractivity contribution in [2.45, 2.75) is 65.2 Å². The van der Waals surface area contributed by atoms with Crippen LogP contribution in [0.1, 0.15) is 75.6 Å². The predicted octanol–water partition coefficient (Wildman–Crippen LogP) is 5.05. The molecule has 0 unspecified atom stereocenters. The molecule has 0 heterocycles. The molecule has 4 aliphatic carbocycles. The molecule has 1 aromatic rings. The van der Waals surface area contributed by atoms with Crippen LogP contribution in [0.15, 0.2) is 18.2 Å². The molecule has 0 spiro atoms. The molecule has 186 valence electrons. The van der Waals surface area contributed by atoms with Crippen LogP contribution < -0.4 is 20.1 Å². The zero-order chi connectivity index (χ0) is 24.0. The first-order valence-electron chi connectivity index (χ1n) is 13.3. The monoisotopic (exact) mass is 466 g/mol. The van der Waals surface area contributed by atoms with Crippen molar-refractivity contribution in [2.24, 2.45) is 29.1 Å². The summed E-state index contributed by atoms with van der Waals surface area (Å²) in [6.07, 6.45) is 15.9. The first kappa shape index (κ1) is 24.9. The number of rotatable bonds is 13. The Labute approximate surface area is 205 Å². The molecular formula is C29H42N2O3. The molecule has 4 saturated carbocycles. The van der Waals surface area contributed by atoms with Gasteiger partial charge in [0, 0.05) is 13.1 Å². The maximum atomic E-state index is 12.8. The van der Waals surface area contributed by atoms with E-state index in [-0.39, 0.29) is 12.5 Å². The van der Waals surface area contributed by atoms with Crippen molar-refractivity contribution in [1.82, 2.24) is 10.6 Å². The Morgan fingerprint density at radius 1 is 1.12 bits per heavy atom. The Hall–Kier alpha value is -2.19. The Morgan fingerprint density at radius 3 is 2.47 bits per heavy atom. The van der Waals surface area contributed by atoms with E-state index in [1.807, 2.05) is 12.1 Å². The Bertz CT molecular complexity index is 837. The molecule has 1 aromatic carbocycles. The fourth-order valence-corrected chi connectivity index (χ4v) is 6.84. The van der Waals surface area contributed by atoms with E-state index in [0.717, 1.165) is 43.7 Å². The van der Waals surface area contributed by atoms with Gasteiger partial charge in [0.1, 0.15) is 18.1 Å². The quantitative estimate of drug-likeness (QED) is 0.316. The van der Waals surface area contributed by atoms with Gasteiger partial charge in [-0.25, -0.2) is 0 Å². The molecule has 5 rings (SSSR count). The van der Waals surface area contributed by atoms with Crippen LogP contribution in [-0.4, -0.2) is 38.8 Å². The Morgan fingerprint density at radius 2 is 1.82 bits per heavy atom. The van der Waals surface area contributed by atoms with Crippen molar-refractivity contribution in [3.8, 4) is 23.8 Å². The number of nitrogens with one attached hydrogen (secondary N) is 2. The second kappa shape index (κ2) is 11.5. The first-order chi connectivity index (χ1) is 16.5. The Kier molecular flexibility index (Phi) is 8.42. The summed E-state index contributed by atoms with van der Waals surface area (Å²) in [6, 6.07) is 5.34. The highest BCUT2D eigenvalue weighted by Crippen LogP contribution is 2.59. The van der Waals surface area contributed by atoms with Crippen LogP contribution in [0.5, 0.6) is 11.5 Å². The molecule has 0 aliphatic heterocycles. The second-order valence-electron chi connectivity index (χ2n) is 11.4. The molecule has 2 N–H and O–H groups in total. The fourth-order valence-electron chi connectivity index (χ4n) is 6.84. The van der Waals surface area contributed by atoms with Gasteiger partial charge in [0.15, 0.2) is 0 Å². The highest BCUT2D eigenvalue weighted by Gasteiger charge is 2.50. The smallest absolute Gasteiger partial charge is 0.255 e. The summed E-state index contributed by atoms with van der Waals surface area (Å²) in [5, 5.41) is 6.74. The molecule has 5 nitrogen and oxygen atoms in total. The fraction of sp³-hybridized carbons (Fsp3) is 0.690. The maximum Gasteiger partial charge on any atom is 0.255 e. The van der Waals surface area contributed by atoms with Crippen LogP contribution in [0.4, 0.5) is 0 Å². The minimum absolute atomic E-state index is 0.137. The van der Waals surface area contributed by atoms with Crippen molar-refractivity contribution >= 4 is 5.91 Å². The van der Waals surface area contributed by atoms with E-state index in [4.69, 9.17) is 15.9 Å². The molecule has 0 atom stereocenters. The average molecular weight is 467 g/mol. The maximum absolute atomic E-state index is 12.8. The third-order valence-corrected chi connectivity index (χ3v) is 7.95. The number of carbonyl (C=O) groups excluding carboxylic acids is 1. The third-order valence-electron chi connectivity index (χ3n) is 7.95. The van der Waals surface area contributed by atoms with E-state index in [0.29, 0.717) is 41.5 Å². The number of carbonyl (C=O) groups is 1. The normalized spacial score (nSPS) is 26.9. The second-order valence-corrected chi connectivity index (χ2v) is 11.4. The summed E-state index contributed by atoms with van der Waals surface area (Å²) < 4.78 is 11.6. The lowest BCUT2D eigenvalue weighted by molar-refractivity contribution is -0.0512. The van der Waals surface area contributed by atoms with Crippen LogP contribution in [0.2, 0.25) is 0 Å². The van der Waals surface area contributed by atoms with Gasteiger partial charge >= 0.3 is 0 Å². The molecule has 1 amide bonds. The van der Waals surface area contributed by atoms with Crippen molar-refractivity contribution < 1.29 is 14.3 Å². The standard InChI is InChI=1S/C29H42N2O3/c1-4-11-33-25-6-7-27(26(16-25)28(32)31-10-8-21(2)3)34-12-5-9-30-20-29-17-22-13-23(18-29)15-24(14-22)19-29/h1,6-7,16,21-24,30H,5,8-15,17-20H2,2-3H3,(H,31,32). The number of hydrogen-bond donors (Lipinski definition) is 2. The molecule has 34 heavy (non-hydrogen) atoms. The number of benzene rings is 1. The molecule has 5 heteroatoms. The van der Waals surface area contributed by atoms with Gasteiger partial charge in [-0.15, -0.1) is 6.42 Å². The van der Waals surface area contributed by atoms with E-state index in [1.54, 1.807) is 6.07 Å². The van der Waals surface area contributed by atoms with Crippen LogP contribution in [0.3, 0.4) is 0 Å². The van der Waals surface area contributed by atoms with Crippen LogP contribution >= 0.6 is 0 Å². The molecule has 0 aromatic heterocycles. The lowest BCUT2D eigenvalue weighted by Crippen LogP contribution is -2.50. The minimum Gasteiger partial charge on any atom is -0.493 e. The lowest BCUT2D eigenvalue weighted by Gasteiger charge is -2.57. The lowest BCUT2D eigenvalue weighted by atomic mass is 9.49.